The SMILES string of the molecule is CNc1ccc(-c2ccc3c(CCN(C)C4CCN(C)CC4)cn(-c4cnn(C)c4)c3n2)cc1F. The van der Waals surface area contributed by atoms with Crippen LogP contribution >= 0.6 is 0 Å². The summed E-state index contributed by atoms with van der Waals surface area (Å²) >= 11 is 0. The maximum atomic E-state index is 14.4. The van der Waals surface area contributed by atoms with Crippen LogP contribution in [0.1, 0.15) is 18.4 Å². The minimum atomic E-state index is -0.285. The number of rotatable bonds is 7. The molecule has 1 aliphatic rings. The highest BCUT2D eigenvalue weighted by molar-refractivity contribution is 5.85. The summed E-state index contributed by atoms with van der Waals surface area (Å²) in [4.78, 5) is 9.91. The largest absolute Gasteiger partial charge is 0.386 e. The number of nitrogens with one attached hydrogen (secondary N) is 1. The molecule has 3 aromatic heterocycles. The lowest BCUT2D eigenvalue weighted by atomic mass is 10.0. The first kappa shape index (κ1) is 23.5. The number of nitrogens with zero attached hydrogens (tertiary/aromatic N) is 6. The van der Waals surface area contributed by atoms with E-state index in [0.29, 0.717) is 11.7 Å². The summed E-state index contributed by atoms with van der Waals surface area (Å²) in [5.74, 6) is -0.285. The Hall–Kier alpha value is -3.23. The number of aromatic nitrogens is 4. The number of likely N-dealkylation sites (N-methyl/N-ethyl adjacent to an activating group) is 1. The molecule has 5 rings (SSSR count). The second-order valence-electron chi connectivity index (χ2n) is 9.67. The summed E-state index contributed by atoms with van der Waals surface area (Å²) in [5.41, 5.74) is 5.08. The van der Waals surface area contributed by atoms with E-state index in [9.17, 15) is 4.39 Å². The Bertz CT molecular complexity index is 1320. The van der Waals surface area contributed by atoms with Gasteiger partial charge in [-0.1, -0.05) is 6.07 Å². The lowest BCUT2D eigenvalue weighted by Gasteiger charge is -2.35. The number of hydrogen-bond acceptors (Lipinski definition) is 5. The Kier molecular flexibility index (Phi) is 6.58. The highest BCUT2D eigenvalue weighted by Gasteiger charge is 2.21. The molecule has 0 spiro atoms. The van der Waals surface area contributed by atoms with E-state index in [1.54, 1.807) is 17.8 Å². The number of anilines is 1. The lowest BCUT2D eigenvalue weighted by Crippen LogP contribution is -2.42. The fourth-order valence-electron chi connectivity index (χ4n) is 5.05. The van der Waals surface area contributed by atoms with Gasteiger partial charge in [-0.3, -0.25) is 9.25 Å². The second kappa shape index (κ2) is 9.79. The minimum Gasteiger partial charge on any atom is -0.386 e. The van der Waals surface area contributed by atoms with Crippen LogP contribution in [0.15, 0.2) is 48.9 Å². The van der Waals surface area contributed by atoms with Crippen molar-refractivity contribution in [3.05, 3.63) is 60.3 Å². The van der Waals surface area contributed by atoms with E-state index >= 15 is 0 Å². The molecule has 1 N–H and O–H groups in total. The van der Waals surface area contributed by atoms with Crippen LogP contribution in [0.5, 0.6) is 0 Å². The maximum Gasteiger partial charge on any atom is 0.146 e. The van der Waals surface area contributed by atoms with Gasteiger partial charge in [0.2, 0.25) is 0 Å². The van der Waals surface area contributed by atoms with Crippen LogP contribution in [-0.2, 0) is 13.5 Å². The van der Waals surface area contributed by atoms with E-state index in [2.05, 4.69) is 51.1 Å². The highest BCUT2D eigenvalue weighted by Crippen LogP contribution is 2.29. The van der Waals surface area contributed by atoms with Gasteiger partial charge in [0.25, 0.3) is 0 Å². The standard InChI is InChI=1S/C27H34FN7/c1-29-26-7-5-19(15-24(26)28)25-8-6-23-20(9-14-33(3)21-10-12-32(2)13-11-21)17-35(27(23)31-25)22-16-30-34(4)18-22/h5-8,15-18,21,29H,9-14H2,1-4H3. The number of piperidine rings is 1. The average Bonchev–Trinajstić information content (AvgIpc) is 3.45. The minimum absolute atomic E-state index is 0.285. The van der Waals surface area contributed by atoms with E-state index in [0.717, 1.165) is 54.0 Å². The van der Waals surface area contributed by atoms with E-state index in [-0.39, 0.29) is 5.82 Å². The summed E-state index contributed by atoms with van der Waals surface area (Å²) in [6.07, 6.45) is 9.41. The summed E-state index contributed by atoms with van der Waals surface area (Å²) < 4.78 is 18.3. The van der Waals surface area contributed by atoms with Gasteiger partial charge in [-0.25, -0.2) is 9.37 Å². The molecule has 35 heavy (non-hydrogen) atoms. The fourth-order valence-corrected chi connectivity index (χ4v) is 5.05. The molecule has 0 radical (unpaired) electrons. The van der Waals surface area contributed by atoms with Crippen LogP contribution in [0.2, 0.25) is 0 Å². The molecule has 184 valence electrons. The molecular weight excluding hydrogens is 441 g/mol. The van der Waals surface area contributed by atoms with Crippen molar-refractivity contribution >= 4 is 16.7 Å². The zero-order chi connectivity index (χ0) is 24.5. The van der Waals surface area contributed by atoms with Gasteiger partial charge in [0, 0.05) is 50.0 Å². The van der Waals surface area contributed by atoms with Gasteiger partial charge < -0.3 is 15.1 Å². The van der Waals surface area contributed by atoms with Gasteiger partial charge >= 0.3 is 0 Å². The van der Waals surface area contributed by atoms with Crippen molar-refractivity contribution < 1.29 is 4.39 Å². The summed E-state index contributed by atoms with van der Waals surface area (Å²) in [6, 6.07) is 9.94. The number of pyridine rings is 1. The van der Waals surface area contributed by atoms with Crippen molar-refractivity contribution in [1.29, 1.82) is 0 Å². The van der Waals surface area contributed by atoms with Crippen LogP contribution in [0.4, 0.5) is 10.1 Å². The lowest BCUT2D eigenvalue weighted by molar-refractivity contribution is 0.145. The molecule has 0 aliphatic carbocycles. The molecular formula is C27H34FN7. The van der Waals surface area contributed by atoms with Crippen molar-refractivity contribution in [3.63, 3.8) is 0 Å². The third-order valence-corrected chi connectivity index (χ3v) is 7.28. The predicted octanol–water partition coefficient (Wildman–Crippen LogP) is 4.18. The molecule has 1 aliphatic heterocycles. The molecule has 4 aromatic rings. The van der Waals surface area contributed by atoms with Gasteiger partial charge in [0.05, 0.1) is 23.3 Å². The molecule has 4 heterocycles. The summed E-state index contributed by atoms with van der Waals surface area (Å²) in [7, 11) is 8.08. The van der Waals surface area contributed by atoms with Gasteiger partial charge in [0.1, 0.15) is 11.5 Å². The smallest absolute Gasteiger partial charge is 0.146 e. The van der Waals surface area contributed by atoms with Crippen molar-refractivity contribution in [1.82, 2.24) is 29.1 Å². The first-order valence-corrected chi connectivity index (χ1v) is 12.3. The Labute approximate surface area is 206 Å². The van der Waals surface area contributed by atoms with E-state index < -0.39 is 0 Å². The second-order valence-corrected chi connectivity index (χ2v) is 9.67. The van der Waals surface area contributed by atoms with Crippen LogP contribution in [0.25, 0.3) is 28.0 Å². The first-order valence-electron chi connectivity index (χ1n) is 12.3. The molecule has 7 nitrogen and oxygen atoms in total. The van der Waals surface area contributed by atoms with Crippen molar-refractivity contribution in [2.24, 2.45) is 7.05 Å². The number of fused-ring (bicyclic) bond motifs is 1. The number of likely N-dealkylation sites (tertiary alicyclic amines) is 1. The number of aryl methyl sites for hydroxylation is 1. The zero-order valence-corrected chi connectivity index (χ0v) is 21.0. The molecule has 0 unspecified atom stereocenters. The Morgan fingerprint density at radius 2 is 1.91 bits per heavy atom. The highest BCUT2D eigenvalue weighted by atomic mass is 19.1. The molecule has 1 aromatic carbocycles. The summed E-state index contributed by atoms with van der Waals surface area (Å²) in [6.45, 7) is 3.33. The third kappa shape index (κ3) is 4.81. The molecule has 8 heteroatoms. The first-order chi connectivity index (χ1) is 16.9. The predicted molar refractivity (Wildman–Crippen MR) is 140 cm³/mol. The third-order valence-electron chi connectivity index (χ3n) is 7.28. The maximum absolute atomic E-state index is 14.4. The van der Waals surface area contributed by atoms with Gasteiger partial charge in [-0.15, -0.1) is 0 Å². The summed E-state index contributed by atoms with van der Waals surface area (Å²) in [5, 5.41) is 8.36. The van der Waals surface area contributed by atoms with Crippen molar-refractivity contribution in [3.8, 4) is 16.9 Å². The normalized spacial score (nSPS) is 15.4. The van der Waals surface area contributed by atoms with Crippen molar-refractivity contribution in [2.45, 2.75) is 25.3 Å². The van der Waals surface area contributed by atoms with Gasteiger partial charge in [-0.05, 0) is 76.3 Å². The molecule has 1 saturated heterocycles. The number of benzene rings is 1. The van der Waals surface area contributed by atoms with Crippen LogP contribution in [0.3, 0.4) is 0 Å². The quantitative estimate of drug-likeness (QED) is 0.435. The molecule has 0 saturated carbocycles. The van der Waals surface area contributed by atoms with Crippen LogP contribution in [0, 0.1) is 5.82 Å². The number of hydrogen-bond donors (Lipinski definition) is 1. The van der Waals surface area contributed by atoms with E-state index in [1.807, 2.05) is 31.6 Å². The molecule has 0 amide bonds. The Morgan fingerprint density at radius 3 is 2.60 bits per heavy atom. The fraction of sp³-hybridized carbons (Fsp3) is 0.407. The van der Waals surface area contributed by atoms with E-state index in [1.165, 1.54) is 24.5 Å². The van der Waals surface area contributed by atoms with Crippen LogP contribution in [-0.4, -0.2) is 76.0 Å². The number of halogens is 1. The van der Waals surface area contributed by atoms with Gasteiger partial charge in [-0.2, -0.15) is 5.10 Å². The van der Waals surface area contributed by atoms with Crippen molar-refractivity contribution in [2.75, 3.05) is 46.1 Å². The van der Waals surface area contributed by atoms with Gasteiger partial charge in [0.15, 0.2) is 0 Å². The molecule has 0 atom stereocenters. The zero-order valence-electron chi connectivity index (χ0n) is 21.0. The Balaban J connectivity index is 1.47. The topological polar surface area (TPSA) is 54.1 Å². The average molecular weight is 476 g/mol. The molecule has 0 bridgehead atoms. The molecule has 1 fully saturated rings. The Morgan fingerprint density at radius 1 is 1.11 bits per heavy atom. The van der Waals surface area contributed by atoms with Crippen LogP contribution < -0.4 is 5.32 Å². The monoisotopic (exact) mass is 475 g/mol. The van der Waals surface area contributed by atoms with E-state index in [4.69, 9.17) is 4.98 Å².